The summed E-state index contributed by atoms with van der Waals surface area (Å²) in [5.74, 6) is 0.798. The molecule has 0 atom stereocenters. The summed E-state index contributed by atoms with van der Waals surface area (Å²) in [5.41, 5.74) is 1.59. The second-order valence-corrected chi connectivity index (χ2v) is 3.49. The van der Waals surface area contributed by atoms with Crippen LogP contribution in [-0.2, 0) is 0 Å². The van der Waals surface area contributed by atoms with E-state index < -0.39 is 0 Å². The topological polar surface area (TPSA) is 9.23 Å². The van der Waals surface area contributed by atoms with Crippen molar-refractivity contribution in [3.63, 3.8) is 0 Å². The SMILES string of the molecule is S[C](Oc1ccccc1)c1ccccc1. The van der Waals surface area contributed by atoms with Gasteiger partial charge in [0.05, 0.1) is 0 Å². The lowest BCUT2D eigenvalue weighted by atomic mass is 10.2. The van der Waals surface area contributed by atoms with Crippen LogP contribution in [0.4, 0.5) is 0 Å². The van der Waals surface area contributed by atoms with E-state index in [0.29, 0.717) is 5.44 Å². The number of hydrogen-bond acceptors (Lipinski definition) is 2. The molecule has 75 valence electrons. The van der Waals surface area contributed by atoms with Gasteiger partial charge in [-0.1, -0.05) is 48.5 Å². The van der Waals surface area contributed by atoms with Crippen molar-refractivity contribution in [2.75, 3.05) is 0 Å². The molecular weight excluding hydrogens is 204 g/mol. The van der Waals surface area contributed by atoms with Crippen LogP contribution in [0.25, 0.3) is 0 Å². The van der Waals surface area contributed by atoms with E-state index in [1.807, 2.05) is 60.7 Å². The van der Waals surface area contributed by atoms with E-state index >= 15 is 0 Å². The van der Waals surface area contributed by atoms with Crippen LogP contribution in [0.15, 0.2) is 60.7 Å². The number of hydrogen-bond donors (Lipinski definition) is 1. The van der Waals surface area contributed by atoms with Gasteiger partial charge in [-0.25, -0.2) is 0 Å². The van der Waals surface area contributed by atoms with E-state index in [0.717, 1.165) is 11.3 Å². The molecule has 0 amide bonds. The first-order valence-corrected chi connectivity index (χ1v) is 5.15. The summed E-state index contributed by atoms with van der Waals surface area (Å²) >= 11 is 4.33. The highest BCUT2D eigenvalue weighted by molar-refractivity contribution is 7.83. The van der Waals surface area contributed by atoms with Crippen LogP contribution >= 0.6 is 12.6 Å². The average molecular weight is 215 g/mol. The van der Waals surface area contributed by atoms with Crippen molar-refractivity contribution < 1.29 is 4.74 Å². The third kappa shape index (κ3) is 2.77. The predicted molar refractivity (Wildman–Crippen MR) is 64.8 cm³/mol. The van der Waals surface area contributed by atoms with Crippen molar-refractivity contribution >= 4 is 12.6 Å². The highest BCUT2D eigenvalue weighted by atomic mass is 32.1. The van der Waals surface area contributed by atoms with Crippen LogP contribution in [-0.4, -0.2) is 0 Å². The second-order valence-electron chi connectivity index (χ2n) is 3.09. The third-order valence-corrected chi connectivity index (χ3v) is 2.33. The Morgan fingerprint density at radius 3 is 1.93 bits per heavy atom. The number of thiol groups is 1. The van der Waals surface area contributed by atoms with Gasteiger partial charge in [0.25, 0.3) is 0 Å². The summed E-state index contributed by atoms with van der Waals surface area (Å²) in [6.07, 6.45) is 0. The van der Waals surface area contributed by atoms with Gasteiger partial charge in [0.1, 0.15) is 5.75 Å². The molecule has 2 aromatic carbocycles. The Balaban J connectivity index is 2.08. The van der Waals surface area contributed by atoms with Crippen molar-refractivity contribution in [3.8, 4) is 5.75 Å². The van der Waals surface area contributed by atoms with Crippen LogP contribution in [0.2, 0.25) is 0 Å². The van der Waals surface area contributed by atoms with Crippen LogP contribution in [0.3, 0.4) is 0 Å². The average Bonchev–Trinajstić information content (AvgIpc) is 2.31. The maximum Gasteiger partial charge on any atom is 0.230 e. The molecule has 0 saturated heterocycles. The molecule has 0 aliphatic carbocycles. The van der Waals surface area contributed by atoms with Gasteiger partial charge in [-0.05, 0) is 12.1 Å². The normalized spacial score (nSPS) is 10.3. The van der Waals surface area contributed by atoms with Crippen molar-refractivity contribution in [3.05, 3.63) is 71.7 Å². The lowest BCUT2D eigenvalue weighted by Crippen LogP contribution is -2.00. The molecule has 1 nitrogen and oxygen atoms in total. The van der Waals surface area contributed by atoms with E-state index in [-0.39, 0.29) is 0 Å². The molecule has 0 aliphatic rings. The van der Waals surface area contributed by atoms with Crippen LogP contribution in [0.1, 0.15) is 5.56 Å². The smallest absolute Gasteiger partial charge is 0.230 e. The molecule has 15 heavy (non-hydrogen) atoms. The maximum absolute atomic E-state index is 5.58. The summed E-state index contributed by atoms with van der Waals surface area (Å²) in [7, 11) is 0. The number of ether oxygens (including phenoxy) is 1. The number of rotatable bonds is 3. The number of benzene rings is 2. The quantitative estimate of drug-likeness (QED) is 0.770. The zero-order chi connectivity index (χ0) is 10.5. The van der Waals surface area contributed by atoms with Crippen LogP contribution in [0, 0.1) is 5.44 Å². The van der Waals surface area contributed by atoms with Crippen LogP contribution in [0.5, 0.6) is 5.75 Å². The van der Waals surface area contributed by atoms with Crippen molar-refractivity contribution in [1.29, 1.82) is 0 Å². The third-order valence-electron chi connectivity index (χ3n) is 1.98. The van der Waals surface area contributed by atoms with Crippen molar-refractivity contribution in [2.45, 2.75) is 0 Å². The molecule has 0 heterocycles. The number of para-hydroxylation sites is 1. The fourth-order valence-electron chi connectivity index (χ4n) is 1.24. The van der Waals surface area contributed by atoms with Gasteiger partial charge in [-0.3, -0.25) is 0 Å². The molecule has 2 heteroatoms. The minimum atomic E-state index is 0.613. The van der Waals surface area contributed by atoms with E-state index in [1.165, 1.54) is 0 Å². The summed E-state index contributed by atoms with van der Waals surface area (Å²) < 4.78 is 5.58. The maximum atomic E-state index is 5.58. The molecule has 0 fully saturated rings. The minimum Gasteiger partial charge on any atom is -0.467 e. The molecule has 2 rings (SSSR count). The van der Waals surface area contributed by atoms with E-state index in [9.17, 15) is 0 Å². The zero-order valence-corrected chi connectivity index (χ0v) is 9.02. The molecule has 1 radical (unpaired) electrons. The molecule has 0 saturated carbocycles. The minimum absolute atomic E-state index is 0.613. The molecule has 0 unspecified atom stereocenters. The molecule has 2 aromatic rings. The zero-order valence-electron chi connectivity index (χ0n) is 8.13. The Hall–Kier alpha value is -1.41. The Morgan fingerprint density at radius 2 is 1.33 bits per heavy atom. The first-order chi connectivity index (χ1) is 7.36. The van der Waals surface area contributed by atoms with Gasteiger partial charge >= 0.3 is 0 Å². The molecule has 0 N–H and O–H groups in total. The fourth-order valence-corrected chi connectivity index (χ4v) is 1.49. The highest BCUT2D eigenvalue weighted by Gasteiger charge is 2.08. The Labute approximate surface area is 95.1 Å². The summed E-state index contributed by atoms with van der Waals surface area (Å²) in [6.45, 7) is 0. The lowest BCUT2D eigenvalue weighted by molar-refractivity contribution is 0.410. The molecule has 0 aliphatic heterocycles. The second kappa shape index (κ2) is 4.89. The fraction of sp³-hybridized carbons (Fsp3) is 0. The van der Waals surface area contributed by atoms with E-state index in [2.05, 4.69) is 12.6 Å². The Kier molecular flexibility index (Phi) is 3.30. The standard InChI is InChI=1S/C13H11OS/c15-13(11-7-3-1-4-8-11)14-12-9-5-2-6-10-12/h1-10,15H. The Bertz CT molecular complexity index is 399. The van der Waals surface area contributed by atoms with Gasteiger partial charge < -0.3 is 4.74 Å². The first kappa shape index (κ1) is 10.1. The largest absolute Gasteiger partial charge is 0.467 e. The lowest BCUT2D eigenvalue weighted by Gasteiger charge is -2.11. The van der Waals surface area contributed by atoms with Crippen LogP contribution < -0.4 is 4.74 Å². The van der Waals surface area contributed by atoms with E-state index in [1.54, 1.807) is 0 Å². The first-order valence-electron chi connectivity index (χ1n) is 4.70. The summed E-state index contributed by atoms with van der Waals surface area (Å²) in [4.78, 5) is 0. The Morgan fingerprint density at radius 1 is 0.800 bits per heavy atom. The summed E-state index contributed by atoms with van der Waals surface area (Å²) in [6, 6.07) is 19.4. The van der Waals surface area contributed by atoms with Gasteiger partial charge in [0.15, 0.2) is 0 Å². The van der Waals surface area contributed by atoms with Gasteiger partial charge in [-0.15, -0.1) is 12.6 Å². The van der Waals surface area contributed by atoms with Gasteiger partial charge in [-0.2, -0.15) is 0 Å². The van der Waals surface area contributed by atoms with E-state index in [4.69, 9.17) is 4.74 Å². The molecule has 0 bridgehead atoms. The van der Waals surface area contributed by atoms with Crippen molar-refractivity contribution in [1.82, 2.24) is 0 Å². The van der Waals surface area contributed by atoms with Gasteiger partial charge in [0, 0.05) is 5.56 Å². The molecular formula is C13H11OS. The van der Waals surface area contributed by atoms with Gasteiger partial charge in [0.2, 0.25) is 5.44 Å². The highest BCUT2D eigenvalue weighted by Crippen LogP contribution is 2.23. The summed E-state index contributed by atoms with van der Waals surface area (Å²) in [5, 5.41) is 0. The monoisotopic (exact) mass is 215 g/mol. The molecule has 0 aromatic heterocycles. The molecule has 0 spiro atoms. The predicted octanol–water partition coefficient (Wildman–Crippen LogP) is 3.53. The van der Waals surface area contributed by atoms with Crippen molar-refractivity contribution in [2.24, 2.45) is 0 Å².